The molecule has 0 aromatic carbocycles. The number of methoxy groups -OCH3 is 1. The summed E-state index contributed by atoms with van der Waals surface area (Å²) in [6, 6.07) is 0.455. The molecule has 0 bridgehead atoms. The molecule has 9 heteroatoms. The van der Waals surface area contributed by atoms with E-state index in [1.165, 1.54) is 25.1 Å². The fraction of sp³-hybridized carbons (Fsp3) is 0.667. The number of hydrogen-bond donors (Lipinski definition) is 0. The maximum absolute atomic E-state index is 12.7. The van der Waals surface area contributed by atoms with Crippen molar-refractivity contribution in [2.75, 3.05) is 13.7 Å². The fourth-order valence-corrected chi connectivity index (χ4v) is 3.89. The van der Waals surface area contributed by atoms with E-state index in [1.807, 2.05) is 0 Å². The number of carbonyl (C=O) groups is 1. The lowest BCUT2D eigenvalue weighted by Gasteiger charge is -2.34. The summed E-state index contributed by atoms with van der Waals surface area (Å²) in [6.45, 7) is 3.54. The Bertz CT molecular complexity index is 971. The van der Waals surface area contributed by atoms with Crippen LogP contribution in [-0.4, -0.2) is 49.3 Å². The van der Waals surface area contributed by atoms with E-state index in [1.54, 1.807) is 11.6 Å². The Balaban J connectivity index is 2.16. The molecule has 0 radical (unpaired) electrons. The van der Waals surface area contributed by atoms with E-state index >= 15 is 0 Å². The van der Waals surface area contributed by atoms with Crippen molar-refractivity contribution in [3.63, 3.8) is 0 Å². The van der Waals surface area contributed by atoms with Crippen LogP contribution >= 0.6 is 0 Å². The zero-order chi connectivity index (χ0) is 19.7. The first kappa shape index (κ1) is 19.3. The second-order valence-corrected chi connectivity index (χ2v) is 7.10. The molecular weight excluding hydrogens is 350 g/mol. The standard InChI is InChI=1S/C18H27N5O4/c1-5-12-8-6-7-9-22(12)10-13-19-16-15(23(13)11-14(24)27-4)17(25)21(3)18(26)20(16)2/h12H,5-11H2,1-4H3. The average Bonchev–Trinajstić information content (AvgIpc) is 3.03. The minimum atomic E-state index is -0.461. The van der Waals surface area contributed by atoms with Crippen LogP contribution in [0.25, 0.3) is 11.2 Å². The number of imidazole rings is 1. The molecule has 0 amide bonds. The molecule has 3 heterocycles. The molecule has 0 aliphatic carbocycles. The topological polar surface area (TPSA) is 91.4 Å². The van der Waals surface area contributed by atoms with Crippen molar-refractivity contribution in [3.05, 3.63) is 26.7 Å². The minimum Gasteiger partial charge on any atom is -0.468 e. The van der Waals surface area contributed by atoms with Crippen LogP contribution in [0.1, 0.15) is 38.4 Å². The lowest BCUT2D eigenvalue weighted by atomic mass is 10.0. The number of fused-ring (bicyclic) bond motifs is 1. The van der Waals surface area contributed by atoms with Crippen molar-refractivity contribution in [1.29, 1.82) is 0 Å². The largest absolute Gasteiger partial charge is 0.468 e. The number of esters is 1. The second kappa shape index (κ2) is 7.67. The van der Waals surface area contributed by atoms with Gasteiger partial charge in [0.2, 0.25) is 0 Å². The van der Waals surface area contributed by atoms with Crippen molar-refractivity contribution in [1.82, 2.24) is 23.6 Å². The number of aromatic nitrogens is 4. The van der Waals surface area contributed by atoms with Crippen LogP contribution in [0.15, 0.2) is 9.59 Å². The first-order valence-corrected chi connectivity index (χ1v) is 9.35. The summed E-state index contributed by atoms with van der Waals surface area (Å²) in [5, 5.41) is 0. The third-order valence-electron chi connectivity index (χ3n) is 5.51. The van der Waals surface area contributed by atoms with Gasteiger partial charge in [0.25, 0.3) is 5.56 Å². The third kappa shape index (κ3) is 3.43. The minimum absolute atomic E-state index is 0.111. The summed E-state index contributed by atoms with van der Waals surface area (Å²) in [6.07, 6.45) is 4.50. The van der Waals surface area contributed by atoms with Crippen LogP contribution in [0.5, 0.6) is 0 Å². The number of nitrogens with zero attached hydrogens (tertiary/aromatic N) is 5. The van der Waals surface area contributed by atoms with Crippen LogP contribution < -0.4 is 11.2 Å². The monoisotopic (exact) mass is 377 g/mol. The molecule has 1 fully saturated rings. The van der Waals surface area contributed by atoms with Gasteiger partial charge in [-0.1, -0.05) is 13.3 Å². The Kier molecular flexibility index (Phi) is 5.50. The normalized spacial score (nSPS) is 18.1. The highest BCUT2D eigenvalue weighted by Gasteiger charge is 2.26. The van der Waals surface area contributed by atoms with E-state index < -0.39 is 17.2 Å². The molecule has 148 valence electrons. The molecule has 1 saturated heterocycles. The van der Waals surface area contributed by atoms with Gasteiger partial charge in [-0.25, -0.2) is 9.78 Å². The highest BCUT2D eigenvalue weighted by molar-refractivity contribution is 5.75. The van der Waals surface area contributed by atoms with Crippen molar-refractivity contribution in [2.45, 2.75) is 51.7 Å². The quantitative estimate of drug-likeness (QED) is 0.699. The van der Waals surface area contributed by atoms with Crippen molar-refractivity contribution in [3.8, 4) is 0 Å². The van der Waals surface area contributed by atoms with E-state index in [4.69, 9.17) is 4.74 Å². The number of likely N-dealkylation sites (tertiary alicyclic amines) is 1. The van der Waals surface area contributed by atoms with Gasteiger partial charge >= 0.3 is 11.7 Å². The average molecular weight is 377 g/mol. The van der Waals surface area contributed by atoms with Crippen LogP contribution in [0.4, 0.5) is 0 Å². The van der Waals surface area contributed by atoms with Gasteiger partial charge < -0.3 is 9.30 Å². The molecule has 1 aliphatic heterocycles. The Morgan fingerprint density at radius 1 is 1.22 bits per heavy atom. The Morgan fingerprint density at radius 2 is 1.96 bits per heavy atom. The smallest absolute Gasteiger partial charge is 0.332 e. The van der Waals surface area contributed by atoms with E-state index in [-0.39, 0.29) is 12.1 Å². The van der Waals surface area contributed by atoms with Gasteiger partial charge in [0.1, 0.15) is 12.4 Å². The second-order valence-electron chi connectivity index (χ2n) is 7.10. The van der Waals surface area contributed by atoms with Crippen molar-refractivity contribution in [2.24, 2.45) is 14.1 Å². The van der Waals surface area contributed by atoms with Crippen LogP contribution in [0.2, 0.25) is 0 Å². The highest BCUT2D eigenvalue weighted by Crippen LogP contribution is 2.22. The molecule has 0 N–H and O–H groups in total. The van der Waals surface area contributed by atoms with E-state index in [0.717, 1.165) is 30.4 Å². The Morgan fingerprint density at radius 3 is 2.63 bits per heavy atom. The van der Waals surface area contributed by atoms with Crippen molar-refractivity contribution >= 4 is 17.1 Å². The molecule has 1 aliphatic rings. The van der Waals surface area contributed by atoms with Crippen LogP contribution in [-0.2, 0) is 36.7 Å². The maximum atomic E-state index is 12.7. The zero-order valence-corrected chi connectivity index (χ0v) is 16.4. The summed E-state index contributed by atoms with van der Waals surface area (Å²) in [5.41, 5.74) is -0.343. The Labute approximate surface area is 157 Å². The van der Waals surface area contributed by atoms with Gasteiger partial charge in [-0.05, 0) is 25.8 Å². The number of piperidine rings is 1. The fourth-order valence-electron chi connectivity index (χ4n) is 3.89. The predicted molar refractivity (Wildman–Crippen MR) is 101 cm³/mol. The summed E-state index contributed by atoms with van der Waals surface area (Å²) >= 11 is 0. The van der Waals surface area contributed by atoms with E-state index in [0.29, 0.717) is 24.1 Å². The number of aryl methyl sites for hydroxylation is 1. The molecule has 3 rings (SSSR count). The number of carbonyl (C=O) groups excluding carboxylic acids is 1. The van der Waals surface area contributed by atoms with E-state index in [2.05, 4.69) is 16.8 Å². The Hall–Kier alpha value is -2.42. The summed E-state index contributed by atoms with van der Waals surface area (Å²) < 4.78 is 8.79. The molecule has 9 nitrogen and oxygen atoms in total. The number of hydrogen-bond acceptors (Lipinski definition) is 6. The lowest BCUT2D eigenvalue weighted by Crippen LogP contribution is -2.39. The first-order valence-electron chi connectivity index (χ1n) is 9.35. The number of rotatable bonds is 5. The number of ether oxygens (including phenoxy) is 1. The molecule has 2 aromatic heterocycles. The molecule has 1 unspecified atom stereocenters. The zero-order valence-electron chi connectivity index (χ0n) is 16.4. The van der Waals surface area contributed by atoms with Gasteiger partial charge in [0.15, 0.2) is 11.2 Å². The van der Waals surface area contributed by atoms with Gasteiger partial charge in [0, 0.05) is 20.1 Å². The first-order chi connectivity index (χ1) is 12.9. The van der Waals surface area contributed by atoms with Crippen molar-refractivity contribution < 1.29 is 9.53 Å². The van der Waals surface area contributed by atoms with Gasteiger partial charge in [-0.3, -0.25) is 23.6 Å². The maximum Gasteiger partial charge on any atom is 0.332 e. The molecule has 27 heavy (non-hydrogen) atoms. The predicted octanol–water partition coefficient (Wildman–Crippen LogP) is 0.371. The third-order valence-corrected chi connectivity index (χ3v) is 5.51. The summed E-state index contributed by atoms with van der Waals surface area (Å²) in [5.74, 6) is 0.145. The SMILES string of the molecule is CCC1CCCCN1Cc1nc2c(c(=O)n(C)c(=O)n2C)n1CC(=O)OC. The molecule has 0 spiro atoms. The molecule has 0 saturated carbocycles. The van der Waals surface area contributed by atoms with E-state index in [9.17, 15) is 14.4 Å². The van der Waals surface area contributed by atoms with Gasteiger partial charge in [0.05, 0.1) is 13.7 Å². The highest BCUT2D eigenvalue weighted by atomic mass is 16.5. The van der Waals surface area contributed by atoms with Gasteiger partial charge in [-0.15, -0.1) is 0 Å². The van der Waals surface area contributed by atoms with Crippen LogP contribution in [0.3, 0.4) is 0 Å². The summed E-state index contributed by atoms with van der Waals surface area (Å²) in [7, 11) is 4.32. The van der Waals surface area contributed by atoms with Crippen LogP contribution in [0, 0.1) is 0 Å². The molecule has 2 aromatic rings. The molecule has 1 atom stereocenters. The molecular formula is C18H27N5O4. The van der Waals surface area contributed by atoms with Gasteiger partial charge in [-0.2, -0.15) is 0 Å². The lowest BCUT2D eigenvalue weighted by molar-refractivity contribution is -0.141. The summed E-state index contributed by atoms with van der Waals surface area (Å²) in [4.78, 5) is 43.9.